The lowest BCUT2D eigenvalue weighted by molar-refractivity contribution is 0.312. The van der Waals surface area contributed by atoms with Gasteiger partial charge in [0, 0.05) is 12.6 Å². The van der Waals surface area contributed by atoms with Crippen LogP contribution in [0, 0.1) is 0 Å². The van der Waals surface area contributed by atoms with Gasteiger partial charge >= 0.3 is 6.01 Å². The molecule has 0 amide bonds. The lowest BCUT2D eigenvalue weighted by Gasteiger charge is -2.08. The van der Waals surface area contributed by atoms with E-state index in [1.807, 2.05) is 6.92 Å². The molecule has 0 unspecified atom stereocenters. The Morgan fingerprint density at radius 1 is 1.15 bits per heavy atom. The van der Waals surface area contributed by atoms with Gasteiger partial charge in [0.2, 0.25) is 11.9 Å². The van der Waals surface area contributed by atoms with Gasteiger partial charge in [0.1, 0.15) is 0 Å². The van der Waals surface area contributed by atoms with E-state index in [0.29, 0.717) is 36.8 Å². The molecule has 0 fully saturated rings. The zero-order chi connectivity index (χ0) is 14.2. The molecule has 20 heavy (non-hydrogen) atoms. The Labute approximate surface area is 117 Å². The van der Waals surface area contributed by atoms with Crippen LogP contribution in [0.15, 0.2) is 16.8 Å². The van der Waals surface area contributed by atoms with Gasteiger partial charge in [0.25, 0.3) is 0 Å². The highest BCUT2D eigenvalue weighted by Crippen LogP contribution is 2.12. The minimum atomic E-state index is 0.293. The highest BCUT2D eigenvalue weighted by molar-refractivity contribution is 5.36. The standard InChI is InChI=1S/C12H18N6O2/c1-3-6-13-10-16-11(18-12(17-10)19-4-2)14-8-9-5-7-15-20-9/h5,7H,3-4,6,8H2,1-2H3,(H2,13,14,16,17,18). The summed E-state index contributed by atoms with van der Waals surface area (Å²) < 4.78 is 10.3. The fourth-order valence-electron chi connectivity index (χ4n) is 1.44. The van der Waals surface area contributed by atoms with E-state index in [1.165, 1.54) is 0 Å². The maximum Gasteiger partial charge on any atom is 0.323 e. The Hall–Kier alpha value is -2.38. The van der Waals surface area contributed by atoms with Crippen LogP contribution in [-0.4, -0.2) is 33.3 Å². The van der Waals surface area contributed by atoms with Gasteiger partial charge < -0.3 is 19.9 Å². The first-order chi connectivity index (χ1) is 9.81. The second-order valence-electron chi connectivity index (χ2n) is 3.96. The number of rotatable bonds is 8. The first-order valence-corrected chi connectivity index (χ1v) is 6.58. The maximum atomic E-state index is 5.33. The van der Waals surface area contributed by atoms with Crippen molar-refractivity contribution in [3.63, 3.8) is 0 Å². The van der Waals surface area contributed by atoms with Crippen LogP contribution in [-0.2, 0) is 6.54 Å². The Morgan fingerprint density at radius 3 is 2.60 bits per heavy atom. The summed E-state index contributed by atoms with van der Waals surface area (Å²) in [4.78, 5) is 12.6. The van der Waals surface area contributed by atoms with E-state index >= 15 is 0 Å². The van der Waals surface area contributed by atoms with Crippen molar-refractivity contribution < 1.29 is 9.26 Å². The molecule has 0 spiro atoms. The van der Waals surface area contributed by atoms with Crippen LogP contribution in [0.1, 0.15) is 26.0 Å². The second-order valence-corrected chi connectivity index (χ2v) is 3.96. The lowest BCUT2D eigenvalue weighted by Crippen LogP contribution is -2.11. The van der Waals surface area contributed by atoms with Crippen LogP contribution in [0.2, 0.25) is 0 Å². The molecule has 0 aliphatic heterocycles. The smallest absolute Gasteiger partial charge is 0.323 e. The van der Waals surface area contributed by atoms with Gasteiger partial charge in [-0.15, -0.1) is 0 Å². The molecule has 0 bridgehead atoms. The molecule has 8 heteroatoms. The summed E-state index contributed by atoms with van der Waals surface area (Å²) in [5.74, 6) is 1.62. The average molecular weight is 278 g/mol. The van der Waals surface area contributed by atoms with Crippen LogP contribution in [0.4, 0.5) is 11.9 Å². The molecule has 2 heterocycles. The average Bonchev–Trinajstić information content (AvgIpc) is 2.96. The van der Waals surface area contributed by atoms with Crippen molar-refractivity contribution in [1.82, 2.24) is 20.1 Å². The molecule has 0 aliphatic rings. The number of ether oxygens (including phenoxy) is 1. The molecular weight excluding hydrogens is 260 g/mol. The van der Waals surface area contributed by atoms with E-state index in [1.54, 1.807) is 12.3 Å². The zero-order valence-corrected chi connectivity index (χ0v) is 11.6. The summed E-state index contributed by atoms with van der Waals surface area (Å²) in [6.45, 7) is 5.68. The molecule has 0 radical (unpaired) electrons. The highest BCUT2D eigenvalue weighted by atomic mass is 16.5. The third-order valence-corrected chi connectivity index (χ3v) is 2.33. The SMILES string of the molecule is CCCNc1nc(NCc2ccno2)nc(OCC)n1. The zero-order valence-electron chi connectivity index (χ0n) is 11.6. The molecular formula is C12H18N6O2. The summed E-state index contributed by atoms with van der Waals surface area (Å²) in [6, 6.07) is 2.06. The summed E-state index contributed by atoms with van der Waals surface area (Å²) in [7, 11) is 0. The minimum Gasteiger partial charge on any atom is -0.464 e. The quantitative estimate of drug-likeness (QED) is 0.752. The topological polar surface area (TPSA) is 98.0 Å². The van der Waals surface area contributed by atoms with Crippen molar-refractivity contribution in [3.8, 4) is 6.01 Å². The number of nitrogens with zero attached hydrogens (tertiary/aromatic N) is 4. The Balaban J connectivity index is 2.06. The van der Waals surface area contributed by atoms with Crippen molar-refractivity contribution in [2.75, 3.05) is 23.8 Å². The van der Waals surface area contributed by atoms with E-state index in [9.17, 15) is 0 Å². The van der Waals surface area contributed by atoms with E-state index in [2.05, 4.69) is 37.7 Å². The van der Waals surface area contributed by atoms with E-state index < -0.39 is 0 Å². The molecule has 2 N–H and O–H groups in total. The third-order valence-electron chi connectivity index (χ3n) is 2.33. The molecule has 2 aromatic rings. The molecule has 2 aromatic heterocycles. The maximum absolute atomic E-state index is 5.33. The summed E-state index contributed by atoms with van der Waals surface area (Å²) in [5, 5.41) is 9.79. The largest absolute Gasteiger partial charge is 0.464 e. The predicted molar refractivity (Wildman–Crippen MR) is 73.6 cm³/mol. The molecule has 0 aliphatic carbocycles. The highest BCUT2D eigenvalue weighted by Gasteiger charge is 2.07. The van der Waals surface area contributed by atoms with Gasteiger partial charge in [-0.05, 0) is 13.3 Å². The number of nitrogens with one attached hydrogen (secondary N) is 2. The van der Waals surface area contributed by atoms with E-state index in [-0.39, 0.29) is 0 Å². The van der Waals surface area contributed by atoms with Gasteiger partial charge in [0.05, 0.1) is 19.3 Å². The molecule has 0 saturated carbocycles. The Kier molecular flexibility index (Phi) is 5.10. The number of aromatic nitrogens is 4. The summed E-state index contributed by atoms with van der Waals surface area (Å²) in [6.07, 6.45) is 2.57. The van der Waals surface area contributed by atoms with Crippen molar-refractivity contribution in [1.29, 1.82) is 0 Å². The lowest BCUT2D eigenvalue weighted by atomic mass is 10.4. The van der Waals surface area contributed by atoms with Crippen LogP contribution in [0.3, 0.4) is 0 Å². The van der Waals surface area contributed by atoms with Gasteiger partial charge in [-0.2, -0.15) is 15.0 Å². The summed E-state index contributed by atoms with van der Waals surface area (Å²) in [5.41, 5.74) is 0. The number of hydrogen-bond acceptors (Lipinski definition) is 8. The van der Waals surface area contributed by atoms with Gasteiger partial charge in [-0.1, -0.05) is 12.1 Å². The summed E-state index contributed by atoms with van der Waals surface area (Å²) >= 11 is 0. The number of hydrogen-bond donors (Lipinski definition) is 2. The predicted octanol–water partition coefficient (Wildman–Crippen LogP) is 1.69. The Morgan fingerprint density at radius 2 is 1.95 bits per heavy atom. The molecule has 0 atom stereocenters. The van der Waals surface area contributed by atoms with Crippen molar-refractivity contribution >= 4 is 11.9 Å². The van der Waals surface area contributed by atoms with Crippen LogP contribution >= 0.6 is 0 Å². The van der Waals surface area contributed by atoms with Crippen molar-refractivity contribution in [2.24, 2.45) is 0 Å². The Bertz CT molecular complexity index is 517. The fraction of sp³-hybridized carbons (Fsp3) is 0.500. The molecule has 0 saturated heterocycles. The third kappa shape index (κ3) is 4.08. The molecule has 0 aromatic carbocycles. The van der Waals surface area contributed by atoms with Crippen molar-refractivity contribution in [3.05, 3.63) is 18.0 Å². The van der Waals surface area contributed by atoms with E-state index in [0.717, 1.165) is 13.0 Å². The molecule has 8 nitrogen and oxygen atoms in total. The van der Waals surface area contributed by atoms with Crippen molar-refractivity contribution in [2.45, 2.75) is 26.8 Å². The van der Waals surface area contributed by atoms with Crippen LogP contribution in [0.5, 0.6) is 6.01 Å². The van der Waals surface area contributed by atoms with Gasteiger partial charge in [-0.25, -0.2) is 0 Å². The van der Waals surface area contributed by atoms with Gasteiger partial charge in [-0.3, -0.25) is 0 Å². The van der Waals surface area contributed by atoms with Crippen LogP contribution < -0.4 is 15.4 Å². The van der Waals surface area contributed by atoms with E-state index in [4.69, 9.17) is 9.26 Å². The fourth-order valence-corrected chi connectivity index (χ4v) is 1.44. The normalized spacial score (nSPS) is 10.3. The minimum absolute atomic E-state index is 0.293. The number of anilines is 2. The van der Waals surface area contributed by atoms with Gasteiger partial charge in [0.15, 0.2) is 5.76 Å². The molecule has 108 valence electrons. The monoisotopic (exact) mass is 278 g/mol. The first-order valence-electron chi connectivity index (χ1n) is 6.58. The molecule has 2 rings (SSSR count). The van der Waals surface area contributed by atoms with Crippen LogP contribution in [0.25, 0.3) is 0 Å². The second kappa shape index (κ2) is 7.27. The first kappa shape index (κ1) is 14.0.